The molecule has 6 nitrogen and oxygen atoms in total. The highest BCUT2D eigenvalue weighted by atomic mass is 32.2. The molecule has 1 aromatic rings. The number of esters is 1. The zero-order chi connectivity index (χ0) is 15.9. The second kappa shape index (κ2) is 7.66. The molecule has 114 valence electrons. The van der Waals surface area contributed by atoms with E-state index in [-0.39, 0.29) is 26.0 Å². The maximum atomic E-state index is 13.4. The molecule has 0 unspecified atom stereocenters. The van der Waals surface area contributed by atoms with E-state index < -0.39 is 32.5 Å². The predicted octanol–water partition coefficient (Wildman–Crippen LogP) is 1.09. The summed E-state index contributed by atoms with van der Waals surface area (Å²) < 4.78 is 56.1. The third-order valence-electron chi connectivity index (χ3n) is 2.33. The molecule has 0 amide bonds. The molecule has 0 saturated carbocycles. The average molecular weight is 318 g/mol. The Hall–Kier alpha value is -2.05. The van der Waals surface area contributed by atoms with Crippen LogP contribution in [0.4, 0.5) is 8.78 Å². The molecule has 21 heavy (non-hydrogen) atoms. The Morgan fingerprint density at radius 3 is 2.71 bits per heavy atom. The van der Waals surface area contributed by atoms with E-state index in [9.17, 15) is 22.0 Å². The minimum Gasteiger partial charge on any atom is -0.450 e. The number of nitrogens with zero attached hydrogens (tertiary/aromatic N) is 1. The fourth-order valence-corrected chi connectivity index (χ4v) is 2.53. The maximum Gasteiger partial charge on any atom is 0.306 e. The van der Waals surface area contributed by atoms with E-state index in [1.807, 2.05) is 0 Å². The van der Waals surface area contributed by atoms with Gasteiger partial charge in [-0.1, -0.05) is 0 Å². The number of nitriles is 1. The summed E-state index contributed by atoms with van der Waals surface area (Å²) in [5, 5.41) is 8.18. The monoisotopic (exact) mass is 318 g/mol. The number of nitrogens with one attached hydrogen (secondary N) is 1. The normalized spacial score (nSPS) is 10.9. The summed E-state index contributed by atoms with van der Waals surface area (Å²) in [4.78, 5) is 10.4. The van der Waals surface area contributed by atoms with Crippen LogP contribution in [0.5, 0.6) is 0 Å². The fourth-order valence-electron chi connectivity index (χ4n) is 1.40. The molecule has 1 aromatic carbocycles. The quantitative estimate of drug-likeness (QED) is 0.599. The number of benzene rings is 1. The highest BCUT2D eigenvalue weighted by Gasteiger charge is 2.19. The van der Waals surface area contributed by atoms with Crippen LogP contribution in [0.25, 0.3) is 0 Å². The lowest BCUT2D eigenvalue weighted by Gasteiger charge is -2.07. The summed E-state index contributed by atoms with van der Waals surface area (Å²) in [5.74, 6) is -2.72. The second-order valence-electron chi connectivity index (χ2n) is 3.89. The molecular formula is C12H12F2N2O4S. The Labute approximate surface area is 120 Å². The molecule has 0 aliphatic rings. The first-order valence-corrected chi connectivity index (χ1v) is 7.32. The molecule has 9 heteroatoms. The van der Waals surface area contributed by atoms with E-state index in [4.69, 9.17) is 5.26 Å². The smallest absolute Gasteiger partial charge is 0.306 e. The largest absolute Gasteiger partial charge is 0.450 e. The number of sulfonamides is 1. The molecule has 0 heterocycles. The third kappa shape index (κ3) is 5.45. The van der Waals surface area contributed by atoms with Gasteiger partial charge in [-0.15, -0.1) is 0 Å². The number of halogens is 2. The molecule has 0 aliphatic heterocycles. The first-order valence-electron chi connectivity index (χ1n) is 5.84. The highest BCUT2D eigenvalue weighted by Crippen LogP contribution is 2.15. The third-order valence-corrected chi connectivity index (χ3v) is 3.83. The molecular weight excluding hydrogens is 306 g/mol. The van der Waals surface area contributed by atoms with Crippen molar-refractivity contribution in [2.45, 2.75) is 17.7 Å². The molecule has 0 fully saturated rings. The van der Waals surface area contributed by atoms with Gasteiger partial charge in [0.1, 0.15) is 22.6 Å². The molecule has 1 rings (SSSR count). The highest BCUT2D eigenvalue weighted by molar-refractivity contribution is 7.89. The molecule has 0 spiro atoms. The van der Waals surface area contributed by atoms with Crippen LogP contribution in [0.1, 0.15) is 12.8 Å². The number of hydrogen-bond donors (Lipinski definition) is 1. The van der Waals surface area contributed by atoms with Crippen LogP contribution in [0.3, 0.4) is 0 Å². The summed E-state index contributed by atoms with van der Waals surface area (Å²) in [5.41, 5.74) is 0. The lowest BCUT2D eigenvalue weighted by molar-refractivity contribution is -0.142. The summed E-state index contributed by atoms with van der Waals surface area (Å²) in [6, 6.07) is 3.73. The van der Waals surface area contributed by atoms with Crippen LogP contribution in [0.15, 0.2) is 23.1 Å². The van der Waals surface area contributed by atoms with Gasteiger partial charge >= 0.3 is 5.97 Å². The molecule has 0 aliphatic carbocycles. The lowest BCUT2D eigenvalue weighted by atomic mass is 10.3. The number of rotatable bonds is 7. The number of ether oxygens (including phenoxy) is 1. The Balaban J connectivity index is 2.51. The summed E-state index contributed by atoms with van der Waals surface area (Å²) >= 11 is 0. The number of carbonyl (C=O) groups is 1. The molecule has 0 atom stereocenters. The molecule has 1 N–H and O–H groups in total. The van der Waals surface area contributed by atoms with Crippen molar-refractivity contribution in [1.29, 1.82) is 5.26 Å². The van der Waals surface area contributed by atoms with Crippen molar-refractivity contribution in [3.8, 4) is 6.07 Å². The van der Waals surface area contributed by atoms with Crippen LogP contribution in [-0.2, 0) is 19.6 Å². The van der Waals surface area contributed by atoms with Crippen molar-refractivity contribution >= 4 is 16.0 Å². The van der Waals surface area contributed by atoms with E-state index in [2.05, 4.69) is 9.46 Å². The standard InChI is InChI=1S/C12H12F2N2O4S/c13-9-3-4-11(10(14)8-9)21(18,19)16-6-1-2-12(17)20-7-5-15/h3-4,8,16H,1-2,6-7H2. The van der Waals surface area contributed by atoms with Crippen LogP contribution in [-0.4, -0.2) is 27.5 Å². The Morgan fingerprint density at radius 1 is 1.38 bits per heavy atom. The topological polar surface area (TPSA) is 96.3 Å². The minimum absolute atomic E-state index is 0.0872. The van der Waals surface area contributed by atoms with Crippen LogP contribution < -0.4 is 4.72 Å². The van der Waals surface area contributed by atoms with Gasteiger partial charge in [-0.25, -0.2) is 21.9 Å². The van der Waals surface area contributed by atoms with Gasteiger partial charge in [-0.3, -0.25) is 4.79 Å². The van der Waals surface area contributed by atoms with Gasteiger partial charge in [-0.05, 0) is 18.6 Å². The molecule has 0 aromatic heterocycles. The zero-order valence-electron chi connectivity index (χ0n) is 10.8. The number of hydrogen-bond acceptors (Lipinski definition) is 5. The van der Waals surface area contributed by atoms with Crippen LogP contribution in [0.2, 0.25) is 0 Å². The Morgan fingerprint density at radius 2 is 2.10 bits per heavy atom. The lowest BCUT2D eigenvalue weighted by Crippen LogP contribution is -2.26. The van der Waals surface area contributed by atoms with Gasteiger partial charge in [0.15, 0.2) is 6.61 Å². The van der Waals surface area contributed by atoms with Crippen molar-refractivity contribution in [1.82, 2.24) is 4.72 Å². The van der Waals surface area contributed by atoms with Gasteiger partial charge in [-0.2, -0.15) is 5.26 Å². The fraction of sp³-hybridized carbons (Fsp3) is 0.333. The van der Waals surface area contributed by atoms with Gasteiger partial charge in [0.25, 0.3) is 0 Å². The summed E-state index contributed by atoms with van der Waals surface area (Å²) in [6.45, 7) is -0.494. The second-order valence-corrected chi connectivity index (χ2v) is 5.63. The molecule has 0 bridgehead atoms. The van der Waals surface area contributed by atoms with E-state index in [0.29, 0.717) is 6.07 Å². The van der Waals surface area contributed by atoms with Crippen molar-refractivity contribution < 1.29 is 26.7 Å². The maximum absolute atomic E-state index is 13.4. The van der Waals surface area contributed by atoms with E-state index in [1.54, 1.807) is 6.07 Å². The van der Waals surface area contributed by atoms with E-state index in [0.717, 1.165) is 12.1 Å². The Bertz CT molecular complexity index is 656. The zero-order valence-corrected chi connectivity index (χ0v) is 11.6. The number of carbonyl (C=O) groups excluding carboxylic acids is 1. The van der Waals surface area contributed by atoms with E-state index >= 15 is 0 Å². The average Bonchev–Trinajstić information content (AvgIpc) is 2.41. The van der Waals surface area contributed by atoms with Crippen molar-refractivity contribution in [3.05, 3.63) is 29.8 Å². The van der Waals surface area contributed by atoms with Crippen molar-refractivity contribution in [3.63, 3.8) is 0 Å². The van der Waals surface area contributed by atoms with Crippen LogP contribution >= 0.6 is 0 Å². The minimum atomic E-state index is -4.12. The predicted molar refractivity (Wildman–Crippen MR) is 67.4 cm³/mol. The summed E-state index contributed by atoms with van der Waals surface area (Å²) in [6.07, 6.45) is 0.0302. The molecule has 0 radical (unpaired) electrons. The van der Waals surface area contributed by atoms with Gasteiger partial charge in [0.05, 0.1) is 0 Å². The van der Waals surface area contributed by atoms with Crippen LogP contribution in [0, 0.1) is 23.0 Å². The van der Waals surface area contributed by atoms with Gasteiger partial charge < -0.3 is 4.74 Å². The SMILES string of the molecule is N#CCOC(=O)CCCNS(=O)(=O)c1ccc(F)cc1F. The van der Waals surface area contributed by atoms with Gasteiger partial charge in [0.2, 0.25) is 10.0 Å². The molecule has 0 saturated heterocycles. The van der Waals surface area contributed by atoms with Crippen molar-refractivity contribution in [2.75, 3.05) is 13.2 Å². The van der Waals surface area contributed by atoms with Crippen molar-refractivity contribution in [2.24, 2.45) is 0 Å². The Kier molecular flexibility index (Phi) is 6.20. The van der Waals surface area contributed by atoms with E-state index in [1.165, 1.54) is 0 Å². The first-order chi connectivity index (χ1) is 9.86. The first kappa shape index (κ1) is 17.0. The van der Waals surface area contributed by atoms with Gasteiger partial charge in [0, 0.05) is 19.0 Å². The summed E-state index contributed by atoms with van der Waals surface area (Å²) in [7, 11) is -4.12.